The van der Waals surface area contributed by atoms with Gasteiger partial charge in [0.1, 0.15) is 0 Å². The van der Waals surface area contributed by atoms with Crippen molar-refractivity contribution < 1.29 is 9.59 Å². The topological polar surface area (TPSA) is 62.3 Å². The molecule has 0 bridgehead atoms. The van der Waals surface area contributed by atoms with E-state index in [0.717, 1.165) is 30.8 Å². The fraction of sp³-hybridized carbons (Fsp3) is 0.421. The Morgan fingerprint density at radius 3 is 2.85 bits per heavy atom. The highest BCUT2D eigenvalue weighted by Crippen LogP contribution is 2.25. The van der Waals surface area contributed by atoms with Gasteiger partial charge in [-0.15, -0.1) is 23.1 Å². The van der Waals surface area contributed by atoms with Gasteiger partial charge in [-0.05, 0) is 53.5 Å². The number of benzene rings is 1. The fourth-order valence-electron chi connectivity index (χ4n) is 2.98. The van der Waals surface area contributed by atoms with E-state index in [0.29, 0.717) is 16.8 Å². The molecule has 1 saturated heterocycles. The molecule has 3 rings (SSSR count). The van der Waals surface area contributed by atoms with Gasteiger partial charge in [0.25, 0.3) is 0 Å². The van der Waals surface area contributed by atoms with E-state index in [4.69, 9.17) is 0 Å². The Balaban J connectivity index is 1.43. The lowest BCUT2D eigenvalue weighted by Gasteiger charge is -2.30. The van der Waals surface area contributed by atoms with Crippen LogP contribution >= 0.6 is 45.7 Å². The number of nitrogens with one attached hydrogen (secondary N) is 1. The van der Waals surface area contributed by atoms with Crippen molar-refractivity contribution in [3.8, 4) is 11.3 Å². The third kappa shape index (κ3) is 6.18. The maximum absolute atomic E-state index is 12.2. The van der Waals surface area contributed by atoms with Crippen molar-refractivity contribution >= 4 is 62.6 Å². The molecule has 0 spiro atoms. The summed E-state index contributed by atoms with van der Waals surface area (Å²) in [6, 6.07) is 8.10. The fourth-order valence-corrected chi connectivity index (χ4v) is 4.79. The molecule has 1 aromatic carbocycles. The summed E-state index contributed by atoms with van der Waals surface area (Å²) >= 11 is 5.04. The Morgan fingerprint density at radius 1 is 1.33 bits per heavy atom. The lowest BCUT2D eigenvalue weighted by Crippen LogP contribution is -2.40. The number of rotatable bonds is 6. The second-order valence-electron chi connectivity index (χ2n) is 6.67. The number of aromatic nitrogens is 1. The number of likely N-dealkylation sites (tertiary alicyclic amines) is 1. The molecule has 2 amide bonds. The molecule has 1 fully saturated rings. The van der Waals surface area contributed by atoms with Crippen molar-refractivity contribution in [1.82, 2.24) is 9.88 Å². The highest BCUT2D eigenvalue weighted by atomic mass is 127. The van der Waals surface area contributed by atoms with Gasteiger partial charge >= 0.3 is 0 Å². The van der Waals surface area contributed by atoms with Crippen molar-refractivity contribution in [2.24, 2.45) is 5.92 Å². The number of halogens is 1. The number of hydrogen-bond acceptors (Lipinski definition) is 5. The summed E-state index contributed by atoms with van der Waals surface area (Å²) in [4.78, 5) is 30.8. The SMILES string of the molecule is CC1CCCN(C(=O)CSCC(=O)Nc2nc(-c3ccc(I)cc3)cs2)C1. The Hall–Kier alpha value is -1.13. The normalized spacial score (nSPS) is 17.0. The maximum Gasteiger partial charge on any atom is 0.236 e. The van der Waals surface area contributed by atoms with Gasteiger partial charge in [0.05, 0.1) is 17.2 Å². The van der Waals surface area contributed by atoms with Crippen LogP contribution in [-0.2, 0) is 9.59 Å². The summed E-state index contributed by atoms with van der Waals surface area (Å²) in [5.41, 5.74) is 1.89. The third-order valence-electron chi connectivity index (χ3n) is 4.36. The van der Waals surface area contributed by atoms with E-state index in [9.17, 15) is 9.59 Å². The average molecular weight is 515 g/mol. The average Bonchev–Trinajstić information content (AvgIpc) is 3.10. The zero-order valence-corrected chi connectivity index (χ0v) is 18.9. The van der Waals surface area contributed by atoms with Gasteiger partial charge < -0.3 is 10.2 Å². The van der Waals surface area contributed by atoms with Crippen molar-refractivity contribution in [2.75, 3.05) is 29.9 Å². The molecular formula is C19H22IN3O2S2. The predicted molar refractivity (Wildman–Crippen MR) is 121 cm³/mol. The van der Waals surface area contributed by atoms with Gasteiger partial charge in [-0.2, -0.15) is 0 Å². The first-order chi connectivity index (χ1) is 13.0. The lowest BCUT2D eigenvalue weighted by atomic mass is 10.0. The largest absolute Gasteiger partial charge is 0.342 e. The van der Waals surface area contributed by atoms with Gasteiger partial charge in [-0.1, -0.05) is 19.1 Å². The van der Waals surface area contributed by atoms with Crippen molar-refractivity contribution in [2.45, 2.75) is 19.8 Å². The first-order valence-electron chi connectivity index (χ1n) is 8.88. The standard InChI is InChI=1S/C19H22IN3O2S2/c1-13-3-2-8-23(9-13)18(25)12-26-11-17(24)22-19-21-16(10-27-19)14-4-6-15(20)7-5-14/h4-7,10,13H,2-3,8-9,11-12H2,1H3,(H,21,22,24). The zero-order chi connectivity index (χ0) is 19.2. The molecule has 1 aliphatic heterocycles. The molecule has 144 valence electrons. The summed E-state index contributed by atoms with van der Waals surface area (Å²) < 4.78 is 1.17. The monoisotopic (exact) mass is 515 g/mol. The minimum atomic E-state index is -0.122. The van der Waals surface area contributed by atoms with E-state index in [2.05, 4.69) is 39.8 Å². The number of amides is 2. The Bertz CT molecular complexity index is 795. The molecule has 0 radical (unpaired) electrons. The highest BCUT2D eigenvalue weighted by molar-refractivity contribution is 14.1. The second-order valence-corrected chi connectivity index (χ2v) is 9.76. The van der Waals surface area contributed by atoms with Crippen LogP contribution < -0.4 is 5.32 Å². The van der Waals surface area contributed by atoms with E-state index < -0.39 is 0 Å². The van der Waals surface area contributed by atoms with Crippen LogP contribution in [0.2, 0.25) is 0 Å². The zero-order valence-electron chi connectivity index (χ0n) is 15.1. The van der Waals surface area contributed by atoms with Crippen LogP contribution in [-0.4, -0.2) is 46.3 Å². The highest BCUT2D eigenvalue weighted by Gasteiger charge is 2.20. The smallest absolute Gasteiger partial charge is 0.236 e. The molecule has 1 N–H and O–H groups in total. The second kappa shape index (κ2) is 9.88. The molecule has 0 saturated carbocycles. The van der Waals surface area contributed by atoms with Gasteiger partial charge in [0.2, 0.25) is 11.8 Å². The number of piperidine rings is 1. The van der Waals surface area contributed by atoms with Crippen molar-refractivity contribution in [1.29, 1.82) is 0 Å². The third-order valence-corrected chi connectivity index (χ3v) is 6.75. The Morgan fingerprint density at radius 2 is 2.11 bits per heavy atom. The van der Waals surface area contributed by atoms with Crippen LogP contribution in [0.5, 0.6) is 0 Å². The summed E-state index contributed by atoms with van der Waals surface area (Å²) in [5.74, 6) is 1.19. The van der Waals surface area contributed by atoms with Crippen LogP contribution in [0.3, 0.4) is 0 Å². The van der Waals surface area contributed by atoms with Crippen LogP contribution in [0.15, 0.2) is 29.6 Å². The summed E-state index contributed by atoms with van der Waals surface area (Å²) in [6.07, 6.45) is 2.27. The number of carbonyl (C=O) groups is 2. The number of nitrogens with zero attached hydrogens (tertiary/aromatic N) is 2. The molecule has 1 unspecified atom stereocenters. The quantitative estimate of drug-likeness (QED) is 0.582. The predicted octanol–water partition coefficient (Wildman–Crippen LogP) is 4.34. The summed E-state index contributed by atoms with van der Waals surface area (Å²) in [5, 5.41) is 5.35. The number of thiazole rings is 1. The van der Waals surface area contributed by atoms with Gasteiger partial charge in [0.15, 0.2) is 5.13 Å². The van der Waals surface area contributed by atoms with E-state index in [-0.39, 0.29) is 17.6 Å². The number of thioether (sulfide) groups is 1. The van der Waals surface area contributed by atoms with Crippen LogP contribution in [0.25, 0.3) is 11.3 Å². The van der Waals surface area contributed by atoms with Gasteiger partial charge in [-0.3, -0.25) is 9.59 Å². The van der Waals surface area contributed by atoms with E-state index in [1.54, 1.807) is 0 Å². The number of hydrogen-bond donors (Lipinski definition) is 1. The molecule has 1 atom stereocenters. The molecule has 1 aromatic heterocycles. The number of carbonyl (C=O) groups excluding carboxylic acids is 2. The van der Waals surface area contributed by atoms with Crippen molar-refractivity contribution in [3.05, 3.63) is 33.2 Å². The van der Waals surface area contributed by atoms with Gasteiger partial charge in [0, 0.05) is 27.6 Å². The van der Waals surface area contributed by atoms with Crippen LogP contribution in [0.4, 0.5) is 5.13 Å². The van der Waals surface area contributed by atoms with Crippen molar-refractivity contribution in [3.63, 3.8) is 0 Å². The molecule has 8 heteroatoms. The molecule has 1 aliphatic rings. The van der Waals surface area contributed by atoms with E-state index in [1.807, 2.05) is 34.5 Å². The molecule has 5 nitrogen and oxygen atoms in total. The Labute approximate surface area is 181 Å². The first-order valence-corrected chi connectivity index (χ1v) is 12.0. The molecule has 27 heavy (non-hydrogen) atoms. The minimum Gasteiger partial charge on any atom is -0.342 e. The van der Waals surface area contributed by atoms with Gasteiger partial charge in [-0.25, -0.2) is 4.98 Å². The lowest BCUT2D eigenvalue weighted by molar-refractivity contribution is -0.130. The maximum atomic E-state index is 12.2. The first kappa shape index (κ1) is 20.6. The van der Waals surface area contributed by atoms with Crippen LogP contribution in [0, 0.1) is 9.49 Å². The minimum absolute atomic E-state index is 0.122. The summed E-state index contributed by atoms with van der Waals surface area (Å²) in [7, 11) is 0. The summed E-state index contributed by atoms with van der Waals surface area (Å²) in [6.45, 7) is 3.86. The Kier molecular flexibility index (Phi) is 7.54. The van der Waals surface area contributed by atoms with Crippen LogP contribution in [0.1, 0.15) is 19.8 Å². The molecule has 2 heterocycles. The molecule has 0 aliphatic carbocycles. The molecule has 2 aromatic rings. The number of anilines is 1. The van der Waals surface area contributed by atoms with E-state index >= 15 is 0 Å². The molecular weight excluding hydrogens is 493 g/mol. The van der Waals surface area contributed by atoms with E-state index in [1.165, 1.54) is 33.1 Å².